The van der Waals surface area contributed by atoms with E-state index in [-0.39, 0.29) is 5.91 Å². The van der Waals surface area contributed by atoms with E-state index in [9.17, 15) is 4.79 Å². The maximum absolute atomic E-state index is 10.4. The van der Waals surface area contributed by atoms with E-state index in [1.807, 2.05) is 6.92 Å². The molecule has 0 bridgehead atoms. The van der Waals surface area contributed by atoms with E-state index in [0.29, 0.717) is 13.0 Å². The molecular formula is C10H21NO3. The van der Waals surface area contributed by atoms with Gasteiger partial charge in [0.1, 0.15) is 0 Å². The van der Waals surface area contributed by atoms with Gasteiger partial charge < -0.3 is 15.2 Å². The minimum Gasteiger partial charge on any atom is -0.382 e. The van der Waals surface area contributed by atoms with Gasteiger partial charge in [0, 0.05) is 32.8 Å². The van der Waals surface area contributed by atoms with Crippen molar-refractivity contribution < 1.29 is 14.3 Å². The average Bonchev–Trinajstić information content (AvgIpc) is 2.15. The Balaban J connectivity index is 2.88. The van der Waals surface area contributed by atoms with E-state index in [1.165, 1.54) is 0 Å². The summed E-state index contributed by atoms with van der Waals surface area (Å²) in [6.07, 6.45) is 3.18. The van der Waals surface area contributed by atoms with Crippen LogP contribution in [0.2, 0.25) is 0 Å². The van der Waals surface area contributed by atoms with Crippen molar-refractivity contribution in [3.63, 3.8) is 0 Å². The van der Waals surface area contributed by atoms with Gasteiger partial charge in [0.05, 0.1) is 0 Å². The van der Waals surface area contributed by atoms with Gasteiger partial charge in [-0.1, -0.05) is 0 Å². The molecule has 0 atom stereocenters. The van der Waals surface area contributed by atoms with Crippen molar-refractivity contribution in [3.05, 3.63) is 0 Å². The summed E-state index contributed by atoms with van der Waals surface area (Å²) in [5, 5.41) is 0. The van der Waals surface area contributed by atoms with Gasteiger partial charge in [0.25, 0.3) is 0 Å². The molecule has 0 aliphatic carbocycles. The SMILES string of the molecule is CCOCCCCOCCCC(N)=O. The van der Waals surface area contributed by atoms with E-state index in [1.54, 1.807) is 0 Å². The molecule has 0 aliphatic rings. The number of nitrogens with two attached hydrogens (primary N) is 1. The maximum Gasteiger partial charge on any atom is 0.217 e. The number of carbonyl (C=O) groups is 1. The Hall–Kier alpha value is -0.610. The highest BCUT2D eigenvalue weighted by atomic mass is 16.5. The molecule has 0 aliphatic heterocycles. The summed E-state index contributed by atoms with van der Waals surface area (Å²) >= 11 is 0. The summed E-state index contributed by atoms with van der Waals surface area (Å²) in [7, 11) is 0. The molecular weight excluding hydrogens is 182 g/mol. The van der Waals surface area contributed by atoms with Crippen molar-refractivity contribution in [1.29, 1.82) is 0 Å². The molecule has 0 saturated heterocycles. The number of hydrogen-bond acceptors (Lipinski definition) is 3. The molecule has 0 fully saturated rings. The quantitative estimate of drug-likeness (QED) is 0.540. The van der Waals surface area contributed by atoms with E-state index in [0.717, 1.165) is 39.1 Å². The van der Waals surface area contributed by atoms with Crippen LogP contribution in [0.25, 0.3) is 0 Å². The van der Waals surface area contributed by atoms with Crippen LogP contribution >= 0.6 is 0 Å². The fraction of sp³-hybridized carbons (Fsp3) is 0.900. The molecule has 0 unspecified atom stereocenters. The van der Waals surface area contributed by atoms with E-state index in [2.05, 4.69) is 0 Å². The minimum atomic E-state index is -0.259. The van der Waals surface area contributed by atoms with Crippen LogP contribution in [-0.4, -0.2) is 32.3 Å². The number of primary amides is 1. The normalized spacial score (nSPS) is 10.4. The Morgan fingerprint density at radius 1 is 1.07 bits per heavy atom. The summed E-state index contributed by atoms with van der Waals surface area (Å²) in [4.78, 5) is 10.4. The Kier molecular flexibility index (Phi) is 10.0. The summed E-state index contributed by atoms with van der Waals surface area (Å²) in [6, 6.07) is 0. The first-order valence-corrected chi connectivity index (χ1v) is 5.21. The van der Waals surface area contributed by atoms with Gasteiger partial charge in [-0.25, -0.2) is 0 Å². The highest BCUT2D eigenvalue weighted by Gasteiger charge is 1.94. The van der Waals surface area contributed by atoms with Crippen molar-refractivity contribution in [3.8, 4) is 0 Å². The Morgan fingerprint density at radius 3 is 2.21 bits per heavy atom. The van der Waals surface area contributed by atoms with Crippen LogP contribution in [0.4, 0.5) is 0 Å². The molecule has 4 heteroatoms. The Bertz CT molecular complexity index is 139. The Labute approximate surface area is 85.8 Å². The van der Waals surface area contributed by atoms with Gasteiger partial charge in [0.2, 0.25) is 5.91 Å². The van der Waals surface area contributed by atoms with Gasteiger partial charge >= 0.3 is 0 Å². The van der Waals surface area contributed by atoms with Crippen molar-refractivity contribution in [1.82, 2.24) is 0 Å². The topological polar surface area (TPSA) is 61.6 Å². The van der Waals surface area contributed by atoms with Crippen molar-refractivity contribution in [2.75, 3.05) is 26.4 Å². The molecule has 0 radical (unpaired) electrons. The molecule has 4 nitrogen and oxygen atoms in total. The highest BCUT2D eigenvalue weighted by molar-refractivity contribution is 5.73. The van der Waals surface area contributed by atoms with Crippen LogP contribution in [0.5, 0.6) is 0 Å². The van der Waals surface area contributed by atoms with Crippen LogP contribution in [0.1, 0.15) is 32.6 Å². The second-order valence-electron chi connectivity index (χ2n) is 3.09. The van der Waals surface area contributed by atoms with Crippen LogP contribution in [0, 0.1) is 0 Å². The van der Waals surface area contributed by atoms with Gasteiger partial charge in [-0.15, -0.1) is 0 Å². The first kappa shape index (κ1) is 13.4. The fourth-order valence-electron chi connectivity index (χ4n) is 1.00. The molecule has 0 saturated carbocycles. The largest absolute Gasteiger partial charge is 0.382 e. The third-order valence-electron chi connectivity index (χ3n) is 1.74. The lowest BCUT2D eigenvalue weighted by atomic mass is 10.3. The molecule has 0 aromatic heterocycles. The lowest BCUT2D eigenvalue weighted by molar-refractivity contribution is -0.118. The molecule has 0 spiro atoms. The predicted octanol–water partition coefficient (Wildman–Crippen LogP) is 1.09. The molecule has 0 aromatic rings. The lowest BCUT2D eigenvalue weighted by Crippen LogP contribution is -2.11. The molecule has 2 N–H and O–H groups in total. The van der Waals surface area contributed by atoms with Crippen LogP contribution in [0.3, 0.4) is 0 Å². The number of unbranched alkanes of at least 4 members (excludes halogenated alkanes) is 1. The predicted molar refractivity (Wildman–Crippen MR) is 55.0 cm³/mol. The first-order valence-electron chi connectivity index (χ1n) is 5.21. The number of rotatable bonds is 10. The van der Waals surface area contributed by atoms with Crippen LogP contribution < -0.4 is 5.73 Å². The monoisotopic (exact) mass is 203 g/mol. The lowest BCUT2D eigenvalue weighted by Gasteiger charge is -2.03. The van der Waals surface area contributed by atoms with Crippen molar-refractivity contribution in [2.45, 2.75) is 32.6 Å². The second kappa shape index (κ2) is 10.5. The molecule has 14 heavy (non-hydrogen) atoms. The van der Waals surface area contributed by atoms with Gasteiger partial charge in [-0.05, 0) is 26.2 Å². The standard InChI is InChI=1S/C10H21NO3/c1-2-13-7-3-4-8-14-9-5-6-10(11)12/h2-9H2,1H3,(H2,11,12). The maximum atomic E-state index is 10.4. The van der Waals surface area contributed by atoms with E-state index in [4.69, 9.17) is 15.2 Å². The molecule has 0 aromatic carbocycles. The van der Waals surface area contributed by atoms with Gasteiger partial charge in [-0.3, -0.25) is 4.79 Å². The van der Waals surface area contributed by atoms with Crippen LogP contribution in [-0.2, 0) is 14.3 Å². The zero-order valence-corrected chi connectivity index (χ0v) is 8.96. The third kappa shape index (κ3) is 11.4. The molecule has 0 heterocycles. The molecule has 1 amide bonds. The third-order valence-corrected chi connectivity index (χ3v) is 1.74. The summed E-state index contributed by atoms with van der Waals surface area (Å²) in [5.74, 6) is -0.259. The van der Waals surface area contributed by atoms with Gasteiger partial charge in [0.15, 0.2) is 0 Å². The summed E-state index contributed by atoms with van der Waals surface area (Å²) in [6.45, 7) is 4.93. The zero-order chi connectivity index (χ0) is 10.6. The van der Waals surface area contributed by atoms with Crippen molar-refractivity contribution >= 4 is 5.91 Å². The highest BCUT2D eigenvalue weighted by Crippen LogP contribution is 1.94. The Morgan fingerprint density at radius 2 is 1.64 bits per heavy atom. The minimum absolute atomic E-state index is 0.259. The smallest absolute Gasteiger partial charge is 0.217 e. The number of carbonyl (C=O) groups excluding carboxylic acids is 1. The van der Waals surface area contributed by atoms with E-state index < -0.39 is 0 Å². The number of ether oxygens (including phenoxy) is 2. The average molecular weight is 203 g/mol. The number of amides is 1. The fourth-order valence-corrected chi connectivity index (χ4v) is 1.00. The first-order chi connectivity index (χ1) is 6.77. The molecule has 84 valence electrons. The zero-order valence-electron chi connectivity index (χ0n) is 8.96. The second-order valence-corrected chi connectivity index (χ2v) is 3.09. The molecule has 0 rings (SSSR count). The van der Waals surface area contributed by atoms with Crippen LogP contribution in [0.15, 0.2) is 0 Å². The summed E-state index contributed by atoms with van der Waals surface area (Å²) in [5.41, 5.74) is 4.98. The summed E-state index contributed by atoms with van der Waals surface area (Å²) < 4.78 is 10.5. The number of hydrogen-bond donors (Lipinski definition) is 1. The van der Waals surface area contributed by atoms with E-state index >= 15 is 0 Å². The van der Waals surface area contributed by atoms with Crippen molar-refractivity contribution in [2.24, 2.45) is 5.73 Å². The van der Waals surface area contributed by atoms with Gasteiger partial charge in [-0.2, -0.15) is 0 Å².